The summed E-state index contributed by atoms with van der Waals surface area (Å²) in [5.74, 6) is -2.23. The van der Waals surface area contributed by atoms with Crippen molar-refractivity contribution in [2.24, 2.45) is 0 Å². The first-order chi connectivity index (χ1) is 9.47. The smallest absolute Gasteiger partial charge is 0.201 e. The third-order valence-electron chi connectivity index (χ3n) is 2.48. The molecule has 2 rings (SSSR count). The summed E-state index contributed by atoms with van der Waals surface area (Å²) >= 11 is 11.6. The summed E-state index contributed by atoms with van der Waals surface area (Å²) in [6.07, 6.45) is 0. The molecule has 0 aromatic heterocycles. The lowest BCUT2D eigenvalue weighted by Crippen LogP contribution is -2.12. The van der Waals surface area contributed by atoms with Gasteiger partial charge in [-0.3, -0.25) is 4.79 Å². The number of ketones is 1. The van der Waals surface area contributed by atoms with Crippen LogP contribution in [0.5, 0.6) is 5.75 Å². The van der Waals surface area contributed by atoms with Gasteiger partial charge in [-0.25, -0.2) is 8.78 Å². The molecule has 2 aromatic rings. The third kappa shape index (κ3) is 3.46. The Morgan fingerprint density at radius 1 is 1.10 bits per heavy atom. The fourth-order valence-corrected chi connectivity index (χ4v) is 2.04. The van der Waals surface area contributed by atoms with E-state index in [1.54, 1.807) is 0 Å². The topological polar surface area (TPSA) is 26.3 Å². The van der Waals surface area contributed by atoms with Gasteiger partial charge in [-0.2, -0.15) is 0 Å². The van der Waals surface area contributed by atoms with Crippen molar-refractivity contribution in [3.8, 4) is 5.75 Å². The summed E-state index contributed by atoms with van der Waals surface area (Å²) in [6.45, 7) is -0.413. The van der Waals surface area contributed by atoms with Crippen molar-refractivity contribution in [3.05, 3.63) is 63.6 Å². The van der Waals surface area contributed by atoms with Crippen LogP contribution in [0.1, 0.15) is 10.4 Å². The van der Waals surface area contributed by atoms with Gasteiger partial charge in [0.15, 0.2) is 18.2 Å². The fraction of sp³-hybridized carbons (Fsp3) is 0.0714. The highest BCUT2D eigenvalue weighted by atomic mass is 35.5. The molecule has 0 spiro atoms. The van der Waals surface area contributed by atoms with Gasteiger partial charge in [-0.1, -0.05) is 23.2 Å². The number of carbonyl (C=O) groups is 1. The summed E-state index contributed by atoms with van der Waals surface area (Å²) in [6, 6.07) is 7.22. The van der Waals surface area contributed by atoms with Crippen molar-refractivity contribution in [2.75, 3.05) is 6.61 Å². The lowest BCUT2D eigenvalue weighted by atomic mass is 10.1. The molecular formula is C14H8Cl2F2O2. The van der Waals surface area contributed by atoms with Crippen molar-refractivity contribution in [1.82, 2.24) is 0 Å². The summed E-state index contributed by atoms with van der Waals surface area (Å²) in [7, 11) is 0. The minimum Gasteiger partial charge on any atom is -0.482 e. The Kier molecular flexibility index (Phi) is 4.57. The lowest BCUT2D eigenvalue weighted by Gasteiger charge is -2.07. The molecule has 0 amide bonds. The van der Waals surface area contributed by atoms with Gasteiger partial charge in [-0.05, 0) is 30.3 Å². The van der Waals surface area contributed by atoms with Crippen LogP contribution in [-0.2, 0) is 0 Å². The molecule has 104 valence electrons. The Balaban J connectivity index is 2.08. The van der Waals surface area contributed by atoms with Crippen LogP contribution in [0.15, 0.2) is 36.4 Å². The molecule has 0 atom stereocenters. The van der Waals surface area contributed by atoms with Crippen LogP contribution in [0.3, 0.4) is 0 Å². The van der Waals surface area contributed by atoms with Gasteiger partial charge in [-0.15, -0.1) is 0 Å². The Bertz CT molecular complexity index is 660. The third-order valence-corrected chi connectivity index (χ3v) is 3.03. The highest BCUT2D eigenvalue weighted by Crippen LogP contribution is 2.22. The molecule has 0 saturated heterocycles. The predicted molar refractivity (Wildman–Crippen MR) is 72.6 cm³/mol. The van der Waals surface area contributed by atoms with Crippen LogP contribution in [0.25, 0.3) is 0 Å². The van der Waals surface area contributed by atoms with Crippen molar-refractivity contribution in [2.45, 2.75) is 0 Å². The van der Waals surface area contributed by atoms with E-state index in [2.05, 4.69) is 0 Å². The van der Waals surface area contributed by atoms with Gasteiger partial charge in [0.1, 0.15) is 5.82 Å². The second-order valence-electron chi connectivity index (χ2n) is 3.91. The normalized spacial score (nSPS) is 10.4. The van der Waals surface area contributed by atoms with Crippen LogP contribution in [0, 0.1) is 11.6 Å². The number of hydrogen-bond acceptors (Lipinski definition) is 2. The highest BCUT2D eigenvalue weighted by Gasteiger charge is 2.13. The number of ether oxygens (including phenoxy) is 1. The van der Waals surface area contributed by atoms with Gasteiger partial charge in [0.05, 0.1) is 5.02 Å². The largest absolute Gasteiger partial charge is 0.482 e. The standard InChI is InChI=1S/C14H8Cl2F2O2/c15-8-1-3-10(11(16)5-8)13(19)7-20-14-4-2-9(17)6-12(14)18/h1-6H,7H2. The van der Waals surface area contributed by atoms with Crippen molar-refractivity contribution in [3.63, 3.8) is 0 Å². The number of Topliss-reactive ketones (excluding diaryl/α,β-unsaturated/α-hetero) is 1. The van der Waals surface area contributed by atoms with Crippen molar-refractivity contribution in [1.29, 1.82) is 0 Å². The monoisotopic (exact) mass is 316 g/mol. The van der Waals surface area contributed by atoms with Gasteiger partial charge < -0.3 is 4.74 Å². The molecule has 0 N–H and O–H groups in total. The molecule has 0 aliphatic heterocycles. The van der Waals surface area contributed by atoms with Gasteiger partial charge >= 0.3 is 0 Å². The van der Waals surface area contributed by atoms with Crippen LogP contribution in [0.4, 0.5) is 8.78 Å². The van der Waals surface area contributed by atoms with E-state index >= 15 is 0 Å². The van der Waals surface area contributed by atoms with E-state index in [9.17, 15) is 13.6 Å². The molecule has 0 aliphatic rings. The highest BCUT2D eigenvalue weighted by molar-refractivity contribution is 6.36. The van der Waals surface area contributed by atoms with E-state index in [4.69, 9.17) is 27.9 Å². The van der Waals surface area contributed by atoms with E-state index in [0.717, 1.165) is 12.1 Å². The molecule has 0 radical (unpaired) electrons. The Labute approximate surface area is 123 Å². The molecule has 6 heteroatoms. The summed E-state index contributed by atoms with van der Waals surface area (Å²) in [4.78, 5) is 11.9. The summed E-state index contributed by atoms with van der Waals surface area (Å²) in [5.41, 5.74) is 0.221. The summed E-state index contributed by atoms with van der Waals surface area (Å²) in [5, 5.41) is 0.586. The van der Waals surface area contributed by atoms with E-state index in [1.165, 1.54) is 18.2 Å². The maximum atomic E-state index is 13.3. The molecule has 0 bridgehead atoms. The van der Waals surface area contributed by atoms with Gasteiger partial charge in [0.25, 0.3) is 0 Å². The molecule has 2 nitrogen and oxygen atoms in total. The molecule has 0 aliphatic carbocycles. The average Bonchev–Trinajstić information content (AvgIpc) is 2.37. The van der Waals surface area contributed by atoms with E-state index < -0.39 is 24.0 Å². The molecule has 0 fully saturated rings. The molecular weight excluding hydrogens is 309 g/mol. The number of benzene rings is 2. The maximum absolute atomic E-state index is 13.3. The molecule has 0 unspecified atom stereocenters. The quantitative estimate of drug-likeness (QED) is 0.774. The minimum absolute atomic E-state index is 0.186. The zero-order valence-electron chi connectivity index (χ0n) is 10.00. The first-order valence-corrected chi connectivity index (χ1v) is 6.29. The van der Waals surface area contributed by atoms with Crippen LogP contribution < -0.4 is 4.74 Å². The Hall–Kier alpha value is -1.65. The minimum atomic E-state index is -0.875. The second-order valence-corrected chi connectivity index (χ2v) is 4.75. The van der Waals surface area contributed by atoms with E-state index in [1.807, 2.05) is 0 Å². The lowest BCUT2D eigenvalue weighted by molar-refractivity contribution is 0.0919. The number of rotatable bonds is 4. The molecule has 0 heterocycles. The molecule has 20 heavy (non-hydrogen) atoms. The zero-order chi connectivity index (χ0) is 14.7. The molecule has 2 aromatic carbocycles. The number of hydrogen-bond donors (Lipinski definition) is 0. The molecule has 0 saturated carbocycles. The first-order valence-electron chi connectivity index (χ1n) is 5.53. The average molecular weight is 317 g/mol. The van der Waals surface area contributed by atoms with Crippen LogP contribution >= 0.6 is 23.2 Å². The first kappa shape index (κ1) is 14.8. The fourth-order valence-electron chi connectivity index (χ4n) is 1.53. The Morgan fingerprint density at radius 2 is 1.85 bits per heavy atom. The van der Waals surface area contributed by atoms with Crippen molar-refractivity contribution < 1.29 is 18.3 Å². The van der Waals surface area contributed by atoms with Crippen LogP contribution in [0.2, 0.25) is 10.0 Å². The van der Waals surface area contributed by atoms with Crippen LogP contribution in [-0.4, -0.2) is 12.4 Å². The second kappa shape index (κ2) is 6.20. The maximum Gasteiger partial charge on any atom is 0.201 e. The Morgan fingerprint density at radius 3 is 2.50 bits per heavy atom. The predicted octanol–water partition coefficient (Wildman–Crippen LogP) is 4.53. The number of halogens is 4. The van der Waals surface area contributed by atoms with Gasteiger partial charge in [0, 0.05) is 16.7 Å². The van der Waals surface area contributed by atoms with E-state index in [-0.39, 0.29) is 16.3 Å². The van der Waals surface area contributed by atoms with Crippen molar-refractivity contribution >= 4 is 29.0 Å². The summed E-state index contributed by atoms with van der Waals surface area (Å²) < 4.78 is 31.0. The van der Waals surface area contributed by atoms with E-state index in [0.29, 0.717) is 11.1 Å². The SMILES string of the molecule is O=C(COc1ccc(F)cc1F)c1ccc(Cl)cc1Cl. The van der Waals surface area contributed by atoms with Gasteiger partial charge in [0.2, 0.25) is 5.78 Å². The zero-order valence-corrected chi connectivity index (χ0v) is 11.5. The number of carbonyl (C=O) groups excluding carboxylic acids is 1.